The zero-order valence-electron chi connectivity index (χ0n) is 53.5. The minimum atomic E-state index is -3.14. The van der Waals surface area contributed by atoms with E-state index in [0.717, 1.165) is 22.5 Å². The second kappa shape index (κ2) is 29.6. The maximum atomic E-state index is 14.7. The molecule has 0 radical (unpaired) electrons. The van der Waals surface area contributed by atoms with Gasteiger partial charge >= 0.3 is 5.97 Å². The van der Waals surface area contributed by atoms with Gasteiger partial charge in [0.1, 0.15) is 17.5 Å². The molecule has 0 spiro atoms. The quantitative estimate of drug-likeness (QED) is 0.0195. The van der Waals surface area contributed by atoms with E-state index in [2.05, 4.69) is 222 Å². The minimum absolute atomic E-state index is 0.0163. The Morgan fingerprint density at radius 2 is 1.18 bits per heavy atom. The van der Waals surface area contributed by atoms with Crippen molar-refractivity contribution < 1.29 is 37.3 Å². The van der Waals surface area contributed by atoms with E-state index >= 15 is 0 Å². The Labute approximate surface area is 508 Å². The molecule has 10 heteroatoms. The van der Waals surface area contributed by atoms with Crippen LogP contribution in [0.15, 0.2) is 207 Å². The average Bonchev–Trinajstić information content (AvgIpc) is 1.07. The van der Waals surface area contributed by atoms with Crippen molar-refractivity contribution in [2.45, 2.75) is 188 Å². The lowest BCUT2D eigenvalue weighted by atomic mass is 9.90. The minimum Gasteiger partial charge on any atom is -0.497 e. The molecule has 1 heterocycles. The molecule has 5 aromatic carbocycles. The summed E-state index contributed by atoms with van der Waals surface area (Å²) in [6.07, 6.45) is 11.4. The van der Waals surface area contributed by atoms with Crippen LogP contribution in [0.5, 0.6) is 5.75 Å². The number of methoxy groups -OCH3 is 1. The molecular weight excluding hydrogens is 1070 g/mol. The van der Waals surface area contributed by atoms with Gasteiger partial charge in [-0.1, -0.05) is 238 Å². The number of hydrogen-bond donors (Lipinski definition) is 0. The Balaban J connectivity index is 1.34. The third-order valence-electron chi connectivity index (χ3n) is 17.2. The second-order valence-electron chi connectivity index (χ2n) is 26.2. The van der Waals surface area contributed by atoms with Gasteiger partial charge in [-0.2, -0.15) is 0 Å². The van der Waals surface area contributed by atoms with Gasteiger partial charge in [0, 0.05) is 18.1 Å². The number of carbonyl (C=O) groups is 1. The van der Waals surface area contributed by atoms with Gasteiger partial charge in [-0.15, -0.1) is 13.2 Å². The molecule has 6 rings (SSSR count). The van der Waals surface area contributed by atoms with Gasteiger partial charge in [0.25, 0.3) is 16.6 Å². The standard InChI is InChI=1S/C74H100O8Si2/c1-19-34-55(4)68(51-57(6)59(8)80-83(71(9,10)11,63-36-25-21-26-37-63)64-38-27-22-28-39-64)78-70(75)52-56(5)58(7)67(81-84(72(12,13)14,65-40-29-23-30-41-65)66-42-31-24-32-43-66)44-33-35-62(77-53-60-45-47-61(76-18)48-46-60)49-54(3)50-69-74(17,20-2)82-73(15,16)79-69/h19-33,36-48,52,55,57-59,62,67-69H,1-3,34-35,49-51,53H2,4-18H3/b44-33+,56-52-/t55-,57-,58+,59-,62-,67-,68+,69+,74+/m0/s1. The summed E-state index contributed by atoms with van der Waals surface area (Å²) in [4.78, 5) is 14.7. The van der Waals surface area contributed by atoms with Crippen LogP contribution < -0.4 is 25.5 Å². The number of hydrogen-bond acceptors (Lipinski definition) is 8. The van der Waals surface area contributed by atoms with Crippen LogP contribution in [0.1, 0.15) is 135 Å². The van der Waals surface area contributed by atoms with E-state index in [4.69, 9.17) is 32.5 Å². The molecule has 452 valence electrons. The van der Waals surface area contributed by atoms with Crippen molar-refractivity contribution in [3.05, 3.63) is 212 Å². The maximum absolute atomic E-state index is 14.7. The van der Waals surface area contributed by atoms with Crippen LogP contribution in [0.4, 0.5) is 0 Å². The number of carbonyl (C=O) groups excluding carboxylic acids is 1. The molecular formula is C74H100O8Si2. The highest BCUT2D eigenvalue weighted by atomic mass is 28.4. The molecule has 0 aromatic heterocycles. The molecule has 0 unspecified atom stereocenters. The Kier molecular flexibility index (Phi) is 23.8. The summed E-state index contributed by atoms with van der Waals surface area (Å²) in [6.45, 7) is 43.7. The number of allylic oxidation sites excluding steroid dienone is 1. The largest absolute Gasteiger partial charge is 0.497 e. The van der Waals surface area contributed by atoms with Crippen molar-refractivity contribution >= 4 is 43.4 Å². The Bertz CT molecular complexity index is 2850. The maximum Gasteiger partial charge on any atom is 0.330 e. The zero-order chi connectivity index (χ0) is 61.5. The van der Waals surface area contributed by atoms with E-state index in [-0.39, 0.29) is 52.1 Å². The van der Waals surface area contributed by atoms with Gasteiger partial charge in [-0.3, -0.25) is 0 Å². The Hall–Kier alpha value is -5.70. The number of esters is 1. The molecule has 8 nitrogen and oxygen atoms in total. The summed E-state index contributed by atoms with van der Waals surface area (Å²) in [7, 11) is -4.32. The van der Waals surface area contributed by atoms with E-state index in [1.54, 1.807) is 13.2 Å². The molecule has 0 bridgehead atoms. The van der Waals surface area contributed by atoms with Gasteiger partial charge in [0.2, 0.25) is 0 Å². The van der Waals surface area contributed by atoms with Crippen molar-refractivity contribution in [3.8, 4) is 5.75 Å². The highest BCUT2D eigenvalue weighted by Crippen LogP contribution is 2.43. The van der Waals surface area contributed by atoms with Gasteiger partial charge < -0.3 is 32.5 Å². The summed E-state index contributed by atoms with van der Waals surface area (Å²) < 4.78 is 47.3. The molecule has 1 aliphatic heterocycles. The molecule has 1 fully saturated rings. The van der Waals surface area contributed by atoms with Crippen LogP contribution in [-0.4, -0.2) is 71.6 Å². The first-order valence-corrected chi connectivity index (χ1v) is 34.2. The number of benzene rings is 5. The van der Waals surface area contributed by atoms with Crippen LogP contribution in [-0.2, 0) is 39.2 Å². The van der Waals surface area contributed by atoms with Gasteiger partial charge in [-0.25, -0.2) is 4.79 Å². The smallest absolute Gasteiger partial charge is 0.330 e. The molecule has 0 aliphatic carbocycles. The first kappa shape index (κ1) is 67.4. The van der Waals surface area contributed by atoms with Gasteiger partial charge in [0.15, 0.2) is 5.79 Å². The molecule has 9 atom stereocenters. The monoisotopic (exact) mass is 1170 g/mol. The predicted molar refractivity (Wildman–Crippen MR) is 354 cm³/mol. The molecule has 0 N–H and O–H groups in total. The van der Waals surface area contributed by atoms with Crippen LogP contribution in [0.25, 0.3) is 0 Å². The lowest BCUT2D eigenvalue weighted by Gasteiger charge is -2.46. The van der Waals surface area contributed by atoms with Gasteiger partial charge in [0.05, 0.1) is 32.0 Å². The van der Waals surface area contributed by atoms with E-state index in [0.29, 0.717) is 38.7 Å². The average molecular weight is 1170 g/mol. The molecule has 84 heavy (non-hydrogen) atoms. The zero-order valence-corrected chi connectivity index (χ0v) is 55.5. The van der Waals surface area contributed by atoms with E-state index in [1.807, 2.05) is 64.1 Å². The lowest BCUT2D eigenvalue weighted by Crippen LogP contribution is -2.68. The lowest BCUT2D eigenvalue weighted by molar-refractivity contribution is -0.153. The highest BCUT2D eigenvalue weighted by Gasteiger charge is 2.53. The van der Waals surface area contributed by atoms with Crippen LogP contribution in [0.2, 0.25) is 10.1 Å². The summed E-state index contributed by atoms with van der Waals surface area (Å²) >= 11 is 0. The SMILES string of the molecule is C=CC[C@H](C)[C@@H](C[C@H](C)[C@H](C)O[Si](c1ccccc1)(c1ccccc1)C(C)(C)C)OC(=O)/C=C(/C)[C@@H](C)[C@H](/C=C/C[C@@H](CC(=C)C[C@H]1OC(C)(C)O[C@]1(C)C=C)OCc1ccc(OC)cc1)O[Si](c1ccccc1)(c1ccccc1)C(C)(C)C. The van der Waals surface area contributed by atoms with Crippen molar-refractivity contribution in [1.82, 2.24) is 0 Å². The second-order valence-corrected chi connectivity index (χ2v) is 34.7. The molecule has 0 amide bonds. The fraction of sp³-hybridized carbons (Fsp3) is 0.446. The first-order chi connectivity index (χ1) is 39.7. The first-order valence-electron chi connectivity index (χ1n) is 30.4. The van der Waals surface area contributed by atoms with Crippen molar-refractivity contribution in [3.63, 3.8) is 0 Å². The van der Waals surface area contributed by atoms with Crippen LogP contribution >= 0.6 is 0 Å². The number of ether oxygens (including phenoxy) is 5. The normalized spacial score (nSPS) is 19.4. The fourth-order valence-corrected chi connectivity index (χ4v) is 21.6. The summed E-state index contributed by atoms with van der Waals surface area (Å²) in [5, 5.41) is 4.30. The topological polar surface area (TPSA) is 81.7 Å². The van der Waals surface area contributed by atoms with Crippen molar-refractivity contribution in [2.24, 2.45) is 17.8 Å². The van der Waals surface area contributed by atoms with E-state index in [9.17, 15) is 4.79 Å². The third-order valence-corrected chi connectivity index (χ3v) is 27.4. The van der Waals surface area contributed by atoms with Gasteiger partial charge in [-0.05, 0) is 127 Å². The Morgan fingerprint density at radius 3 is 1.63 bits per heavy atom. The number of rotatable bonds is 30. The summed E-state index contributed by atoms with van der Waals surface area (Å²) in [5.41, 5.74) is 2.21. The van der Waals surface area contributed by atoms with E-state index < -0.39 is 40.2 Å². The van der Waals surface area contributed by atoms with Crippen LogP contribution in [0, 0.1) is 17.8 Å². The summed E-state index contributed by atoms with van der Waals surface area (Å²) in [6, 6.07) is 50.9. The third kappa shape index (κ3) is 16.8. The molecule has 1 aliphatic rings. The highest BCUT2D eigenvalue weighted by molar-refractivity contribution is 7.00. The van der Waals surface area contributed by atoms with E-state index in [1.165, 1.54) is 20.7 Å². The van der Waals surface area contributed by atoms with Crippen LogP contribution in [0.3, 0.4) is 0 Å². The van der Waals surface area contributed by atoms with Crippen molar-refractivity contribution in [1.29, 1.82) is 0 Å². The molecule has 0 saturated carbocycles. The molecule has 5 aromatic rings. The van der Waals surface area contributed by atoms with Crippen molar-refractivity contribution in [2.75, 3.05) is 7.11 Å². The fourth-order valence-electron chi connectivity index (χ4n) is 12.1. The molecule has 1 saturated heterocycles. The predicted octanol–water partition coefficient (Wildman–Crippen LogP) is 15.6. The summed E-state index contributed by atoms with van der Waals surface area (Å²) in [5.74, 6) is -0.543. The Morgan fingerprint density at radius 1 is 0.690 bits per heavy atom.